The van der Waals surface area contributed by atoms with E-state index in [0.29, 0.717) is 4.68 Å². The minimum atomic E-state index is -4.07. The number of nitrogens with zero attached hydrogens (tertiary/aromatic N) is 3. The molecule has 1 amide bonds. The van der Waals surface area contributed by atoms with Gasteiger partial charge in [0.05, 0.1) is 30.0 Å². The van der Waals surface area contributed by atoms with E-state index in [1.165, 1.54) is 45.2 Å². The number of fused-ring (bicyclic) bond motifs is 2. The molecule has 0 saturated carbocycles. The van der Waals surface area contributed by atoms with Gasteiger partial charge in [-0.3, -0.25) is 4.79 Å². The number of carbonyl (C=O) groups excluding carboxylic acids is 1. The molecule has 3 heterocycles. The highest BCUT2D eigenvalue weighted by Gasteiger charge is 2.45. The Morgan fingerprint density at radius 3 is 2.50 bits per heavy atom. The maximum absolute atomic E-state index is 16.2. The number of halogens is 7. The second-order valence-corrected chi connectivity index (χ2v) is 12.1. The fourth-order valence-corrected chi connectivity index (χ4v) is 5.72. The van der Waals surface area contributed by atoms with Crippen molar-refractivity contribution in [3.8, 4) is 28.5 Å². The van der Waals surface area contributed by atoms with Gasteiger partial charge in [-0.1, -0.05) is 23.7 Å². The molecule has 0 bridgehead atoms. The third kappa shape index (κ3) is 6.25. The summed E-state index contributed by atoms with van der Waals surface area (Å²) >= 11 is 6.38. The van der Waals surface area contributed by atoms with Crippen LogP contribution in [0.4, 0.5) is 26.3 Å². The summed E-state index contributed by atoms with van der Waals surface area (Å²) in [6, 6.07) is 10.2. The molecule has 262 valence electrons. The van der Waals surface area contributed by atoms with E-state index in [1.54, 1.807) is 0 Å². The zero-order chi connectivity index (χ0) is 36.3. The number of nitrogens with one attached hydrogen (secondary N) is 1. The van der Waals surface area contributed by atoms with Gasteiger partial charge >= 0.3 is 12.8 Å². The number of ether oxygens (including phenoxy) is 3. The molecule has 0 fully saturated rings. The molecule has 3 aromatic carbocycles. The molecule has 0 spiro atoms. The van der Waals surface area contributed by atoms with Crippen LogP contribution in [-0.2, 0) is 11.2 Å². The van der Waals surface area contributed by atoms with E-state index < -0.39 is 81.6 Å². The van der Waals surface area contributed by atoms with Crippen LogP contribution in [0.5, 0.6) is 17.2 Å². The molecule has 2 aromatic heterocycles. The highest BCUT2D eigenvalue weighted by molar-refractivity contribution is 6.35. The van der Waals surface area contributed by atoms with E-state index in [0.717, 1.165) is 36.5 Å². The SMILES string of the molecule is COc1cc(C(=O)NC[C@@](O)(c2cccc(F)c2)c2cc(C(C)(C)O)c(F)c(-c3ccc4c(c3Cl)OC(F)(F)O4)n2)cc2cn(C(F)F)nc12. The Morgan fingerprint density at radius 1 is 1.10 bits per heavy atom. The number of hydrogen-bond donors (Lipinski definition) is 3. The first kappa shape index (κ1) is 34.8. The number of rotatable bonds is 9. The molecule has 1 aliphatic rings. The number of pyridine rings is 1. The highest BCUT2D eigenvalue weighted by atomic mass is 35.5. The number of amides is 1. The Bertz CT molecular complexity index is 2160. The number of benzene rings is 3. The average molecular weight is 723 g/mol. The number of aromatic nitrogens is 3. The Kier molecular flexibility index (Phi) is 8.60. The lowest BCUT2D eigenvalue weighted by atomic mass is 9.86. The summed E-state index contributed by atoms with van der Waals surface area (Å²) in [7, 11) is 1.25. The summed E-state index contributed by atoms with van der Waals surface area (Å²) in [5.74, 6) is -3.88. The lowest BCUT2D eigenvalue weighted by Gasteiger charge is -2.31. The van der Waals surface area contributed by atoms with Gasteiger partial charge in [0.25, 0.3) is 5.91 Å². The van der Waals surface area contributed by atoms with Crippen molar-refractivity contribution in [1.82, 2.24) is 20.1 Å². The number of aliphatic hydroxyl groups is 2. The second-order valence-electron chi connectivity index (χ2n) is 11.8. The van der Waals surface area contributed by atoms with E-state index in [2.05, 4.69) is 24.9 Å². The van der Waals surface area contributed by atoms with Crippen LogP contribution in [0, 0.1) is 11.6 Å². The quantitative estimate of drug-likeness (QED) is 0.145. The molecule has 0 unspecified atom stereocenters. The van der Waals surface area contributed by atoms with Crippen LogP contribution < -0.4 is 19.5 Å². The molecule has 0 saturated heterocycles. The van der Waals surface area contributed by atoms with Crippen molar-refractivity contribution in [2.75, 3.05) is 13.7 Å². The fourth-order valence-electron chi connectivity index (χ4n) is 5.43. The van der Waals surface area contributed by atoms with Gasteiger partial charge in [-0.2, -0.15) is 13.9 Å². The molecule has 0 radical (unpaired) electrons. The molecule has 1 atom stereocenters. The fraction of sp³-hybridized carbons (Fsp3) is 0.242. The third-order valence-corrected chi connectivity index (χ3v) is 8.26. The van der Waals surface area contributed by atoms with E-state index >= 15 is 4.39 Å². The summed E-state index contributed by atoms with van der Waals surface area (Å²) < 4.78 is 99.6. The van der Waals surface area contributed by atoms with Gasteiger partial charge in [-0.05, 0) is 61.9 Å². The topological polar surface area (TPSA) is 128 Å². The van der Waals surface area contributed by atoms with Gasteiger partial charge in [0, 0.05) is 28.3 Å². The molecule has 17 heteroatoms. The summed E-state index contributed by atoms with van der Waals surface area (Å²) in [6.45, 7) is -1.27. The van der Waals surface area contributed by atoms with Gasteiger partial charge in [0.15, 0.2) is 17.3 Å². The molecular weight excluding hydrogens is 698 g/mol. The van der Waals surface area contributed by atoms with Crippen LogP contribution in [0.3, 0.4) is 0 Å². The normalized spacial score (nSPS) is 15.0. The number of methoxy groups -OCH3 is 1. The molecular formula is C33H25ClF6N4O6. The minimum Gasteiger partial charge on any atom is -0.494 e. The molecule has 3 N–H and O–H groups in total. The molecule has 50 heavy (non-hydrogen) atoms. The lowest BCUT2D eigenvalue weighted by Crippen LogP contribution is -2.43. The van der Waals surface area contributed by atoms with Crippen molar-refractivity contribution < 1.29 is 55.6 Å². The number of carbonyl (C=O) groups is 1. The van der Waals surface area contributed by atoms with Gasteiger partial charge in [0.2, 0.25) is 0 Å². The number of hydrogen-bond acceptors (Lipinski definition) is 8. The van der Waals surface area contributed by atoms with Crippen molar-refractivity contribution in [3.05, 3.63) is 99.8 Å². The predicted molar refractivity (Wildman–Crippen MR) is 165 cm³/mol. The summed E-state index contributed by atoms with van der Waals surface area (Å²) in [5.41, 5.74) is -6.44. The maximum Gasteiger partial charge on any atom is 0.586 e. The van der Waals surface area contributed by atoms with Crippen molar-refractivity contribution in [3.63, 3.8) is 0 Å². The lowest BCUT2D eigenvalue weighted by molar-refractivity contribution is -0.286. The van der Waals surface area contributed by atoms with Crippen LogP contribution in [0.25, 0.3) is 22.2 Å². The second kappa shape index (κ2) is 12.4. The zero-order valence-corrected chi connectivity index (χ0v) is 26.8. The van der Waals surface area contributed by atoms with E-state index in [-0.39, 0.29) is 33.3 Å². The third-order valence-electron chi connectivity index (χ3n) is 7.89. The monoisotopic (exact) mass is 722 g/mol. The molecule has 1 aliphatic heterocycles. The standard InChI is InChI=1S/C33H25ClF6N4O6/c1-31(2,46)20-12-23(42-27(25(20)36)19-7-8-21-28(24(19)34)50-33(39,40)49-21)32(47,17-5-4-6-18(35)11-17)14-41-29(45)15-9-16-13-44(30(37)38)43-26(16)22(10-15)48-3/h4-13,30,46-47H,14H2,1-3H3,(H,41,45)/t32-/m1/s1. The molecule has 6 rings (SSSR count). The first-order valence-corrected chi connectivity index (χ1v) is 14.9. The van der Waals surface area contributed by atoms with Crippen molar-refractivity contribution in [2.45, 2.75) is 37.9 Å². The highest BCUT2D eigenvalue weighted by Crippen LogP contribution is 2.50. The van der Waals surface area contributed by atoms with E-state index in [1.807, 2.05) is 0 Å². The Morgan fingerprint density at radius 2 is 1.84 bits per heavy atom. The number of alkyl halides is 4. The first-order chi connectivity index (χ1) is 23.4. The minimum absolute atomic E-state index is 0.00882. The van der Waals surface area contributed by atoms with Crippen LogP contribution in [-0.4, -0.2) is 50.8 Å². The summed E-state index contributed by atoms with van der Waals surface area (Å²) in [6.07, 6.45) is -3.06. The van der Waals surface area contributed by atoms with Crippen molar-refractivity contribution >= 4 is 28.4 Å². The summed E-state index contributed by atoms with van der Waals surface area (Å²) in [4.78, 5) is 17.8. The molecule has 0 aliphatic carbocycles. The van der Waals surface area contributed by atoms with E-state index in [4.69, 9.17) is 16.3 Å². The van der Waals surface area contributed by atoms with E-state index in [9.17, 15) is 37.0 Å². The predicted octanol–water partition coefficient (Wildman–Crippen LogP) is 6.65. The van der Waals surface area contributed by atoms with Crippen LogP contribution in [0.1, 0.15) is 47.6 Å². The van der Waals surface area contributed by atoms with Gasteiger partial charge < -0.3 is 29.7 Å². The van der Waals surface area contributed by atoms with Gasteiger partial charge in [0.1, 0.15) is 28.4 Å². The first-order valence-electron chi connectivity index (χ1n) is 14.6. The molecule has 10 nitrogen and oxygen atoms in total. The van der Waals surface area contributed by atoms with Crippen LogP contribution in [0.15, 0.2) is 60.8 Å². The molecule has 5 aromatic rings. The average Bonchev–Trinajstić information content (AvgIpc) is 3.63. The van der Waals surface area contributed by atoms with Gasteiger partial charge in [-0.15, -0.1) is 8.78 Å². The zero-order valence-electron chi connectivity index (χ0n) is 26.1. The Hall–Kier alpha value is -5.06. The van der Waals surface area contributed by atoms with Gasteiger partial charge in [-0.25, -0.2) is 18.4 Å². The largest absolute Gasteiger partial charge is 0.586 e. The van der Waals surface area contributed by atoms with Crippen molar-refractivity contribution in [2.24, 2.45) is 0 Å². The van der Waals surface area contributed by atoms with Crippen LogP contribution >= 0.6 is 11.6 Å². The van der Waals surface area contributed by atoms with Crippen LogP contribution in [0.2, 0.25) is 5.02 Å². The smallest absolute Gasteiger partial charge is 0.494 e. The van der Waals surface area contributed by atoms with Crippen molar-refractivity contribution in [1.29, 1.82) is 0 Å². The maximum atomic E-state index is 16.2. The Labute approximate surface area is 283 Å². The Balaban J connectivity index is 1.47. The summed E-state index contributed by atoms with van der Waals surface area (Å²) in [5, 5.41) is 29.1.